The lowest BCUT2D eigenvalue weighted by Gasteiger charge is -2.09. The van der Waals surface area contributed by atoms with Crippen molar-refractivity contribution in [2.45, 2.75) is 0 Å². The quantitative estimate of drug-likeness (QED) is 0.775. The minimum Gasteiger partial charge on any atom is -0.477 e. The molecule has 0 aliphatic carbocycles. The molecular weight excluding hydrogens is 216 g/mol. The van der Waals surface area contributed by atoms with Gasteiger partial charge in [-0.05, 0) is 12.1 Å². The number of methoxy groups -OCH3 is 1. The van der Waals surface area contributed by atoms with Crippen LogP contribution in [0.4, 0.5) is 0 Å². The molecule has 1 heterocycles. The summed E-state index contributed by atoms with van der Waals surface area (Å²) in [6.07, 6.45) is 0. The van der Waals surface area contributed by atoms with Gasteiger partial charge in [-0.15, -0.1) is 0 Å². The van der Waals surface area contributed by atoms with Gasteiger partial charge >= 0.3 is 5.97 Å². The number of carbonyl (C=O) groups is 1. The fourth-order valence-corrected chi connectivity index (χ4v) is 1.40. The zero-order valence-electron chi connectivity index (χ0n) is 8.56. The Balaban J connectivity index is 2.41. The van der Waals surface area contributed by atoms with Crippen molar-refractivity contribution in [2.24, 2.45) is 0 Å². The molecule has 1 aliphatic rings. The summed E-state index contributed by atoms with van der Waals surface area (Å²) in [5.41, 5.74) is -0.0490. The van der Waals surface area contributed by atoms with Gasteiger partial charge in [0.1, 0.15) is 11.3 Å². The van der Waals surface area contributed by atoms with Gasteiger partial charge in [0.2, 0.25) is 6.79 Å². The molecule has 6 heteroatoms. The van der Waals surface area contributed by atoms with Crippen LogP contribution in [0.15, 0.2) is 12.1 Å². The normalized spacial score (nSPS) is 12.6. The Bertz CT molecular complexity index is 414. The molecule has 0 saturated heterocycles. The van der Waals surface area contributed by atoms with E-state index in [2.05, 4.69) is 0 Å². The van der Waals surface area contributed by atoms with Crippen LogP contribution in [0.2, 0.25) is 0 Å². The third kappa shape index (κ3) is 1.74. The maximum atomic E-state index is 11.1. The molecule has 0 fully saturated rings. The second kappa shape index (κ2) is 4.28. The maximum Gasteiger partial charge on any atom is 0.343 e. The van der Waals surface area contributed by atoms with Crippen molar-refractivity contribution in [3.8, 4) is 17.2 Å². The summed E-state index contributed by atoms with van der Waals surface area (Å²) in [7, 11) is 1.45. The summed E-state index contributed by atoms with van der Waals surface area (Å²) in [5.74, 6) is -0.338. The third-order valence-electron chi connectivity index (χ3n) is 2.05. The third-order valence-corrected chi connectivity index (χ3v) is 2.05. The number of rotatable bonds is 4. The number of hydrogen-bond acceptors (Lipinski definition) is 5. The van der Waals surface area contributed by atoms with E-state index in [0.717, 1.165) is 0 Å². The molecular formula is C10H10O6. The minimum absolute atomic E-state index is 0.0172. The van der Waals surface area contributed by atoms with E-state index in [1.165, 1.54) is 13.2 Å². The van der Waals surface area contributed by atoms with Crippen LogP contribution in [0.25, 0.3) is 0 Å². The first-order chi connectivity index (χ1) is 7.74. The van der Waals surface area contributed by atoms with Crippen LogP contribution < -0.4 is 14.2 Å². The predicted octanol–water partition coefficient (Wildman–Crippen LogP) is 1.10. The largest absolute Gasteiger partial charge is 0.477 e. The van der Waals surface area contributed by atoms with Gasteiger partial charge in [0.25, 0.3) is 0 Å². The van der Waals surface area contributed by atoms with E-state index in [0.29, 0.717) is 5.75 Å². The van der Waals surface area contributed by atoms with Gasteiger partial charge < -0.3 is 24.1 Å². The van der Waals surface area contributed by atoms with Gasteiger partial charge in [0.05, 0.1) is 0 Å². The van der Waals surface area contributed by atoms with E-state index >= 15 is 0 Å². The summed E-state index contributed by atoms with van der Waals surface area (Å²) in [6.45, 7) is -0.0106. The molecule has 0 unspecified atom stereocenters. The highest BCUT2D eigenvalue weighted by atomic mass is 16.7. The maximum absolute atomic E-state index is 11.1. The van der Waals surface area contributed by atoms with Crippen LogP contribution >= 0.6 is 0 Å². The van der Waals surface area contributed by atoms with Crippen LogP contribution in [0.1, 0.15) is 10.4 Å². The molecule has 0 aromatic heterocycles. The van der Waals surface area contributed by atoms with Crippen molar-refractivity contribution in [1.29, 1.82) is 0 Å². The molecule has 0 saturated carbocycles. The zero-order valence-corrected chi connectivity index (χ0v) is 8.56. The van der Waals surface area contributed by atoms with Gasteiger partial charge in [-0.1, -0.05) is 0 Å². The fraction of sp³-hybridized carbons (Fsp3) is 0.300. The lowest BCUT2D eigenvalue weighted by Crippen LogP contribution is -2.06. The minimum atomic E-state index is -1.13. The highest BCUT2D eigenvalue weighted by Gasteiger charge is 2.26. The number of benzene rings is 1. The van der Waals surface area contributed by atoms with Crippen molar-refractivity contribution in [1.82, 2.24) is 0 Å². The van der Waals surface area contributed by atoms with E-state index < -0.39 is 5.97 Å². The molecule has 0 radical (unpaired) electrons. The molecule has 1 aliphatic heterocycles. The second-order valence-electron chi connectivity index (χ2n) is 3.03. The molecule has 86 valence electrons. The number of carboxylic acids is 1. The van der Waals surface area contributed by atoms with Gasteiger partial charge in [-0.25, -0.2) is 4.79 Å². The van der Waals surface area contributed by atoms with Crippen LogP contribution in [0.5, 0.6) is 17.2 Å². The molecule has 0 spiro atoms. The fourth-order valence-electron chi connectivity index (χ4n) is 1.40. The Morgan fingerprint density at radius 2 is 2.31 bits per heavy atom. The Labute approximate surface area is 91.3 Å². The van der Waals surface area contributed by atoms with E-state index in [-0.39, 0.29) is 30.6 Å². The van der Waals surface area contributed by atoms with Crippen LogP contribution in [-0.4, -0.2) is 31.8 Å². The molecule has 1 aromatic rings. The number of fused-ring (bicyclic) bond motifs is 1. The number of ether oxygens (including phenoxy) is 4. The van der Waals surface area contributed by atoms with E-state index in [4.69, 9.17) is 24.1 Å². The molecule has 0 amide bonds. The Kier molecular flexibility index (Phi) is 2.82. The van der Waals surface area contributed by atoms with E-state index in [1.54, 1.807) is 6.07 Å². The highest BCUT2D eigenvalue weighted by Crippen LogP contribution is 2.40. The summed E-state index contributed by atoms with van der Waals surface area (Å²) in [6, 6.07) is 3.11. The zero-order chi connectivity index (χ0) is 11.5. The van der Waals surface area contributed by atoms with Crippen molar-refractivity contribution >= 4 is 5.97 Å². The summed E-state index contributed by atoms with van der Waals surface area (Å²) < 4.78 is 20.0. The predicted molar refractivity (Wildman–Crippen MR) is 52.0 cm³/mol. The summed E-state index contributed by atoms with van der Waals surface area (Å²) in [5, 5.41) is 9.07. The topological polar surface area (TPSA) is 74.2 Å². The van der Waals surface area contributed by atoms with Gasteiger partial charge in [-0.3, -0.25) is 0 Å². The first kappa shape index (κ1) is 10.6. The standard InChI is InChI=1S/C10H10O6/c1-13-4-14-6-2-3-7-9(16-5-15-7)8(6)10(11)12/h2-3H,4-5H2,1H3,(H,11,12). The summed E-state index contributed by atoms with van der Waals surface area (Å²) >= 11 is 0. The Hall–Kier alpha value is -1.95. The lowest BCUT2D eigenvalue weighted by atomic mass is 10.1. The first-order valence-corrected chi connectivity index (χ1v) is 4.51. The lowest BCUT2D eigenvalue weighted by molar-refractivity contribution is 0.0480. The van der Waals surface area contributed by atoms with Gasteiger partial charge in [-0.2, -0.15) is 0 Å². The van der Waals surface area contributed by atoms with Gasteiger partial charge in [0, 0.05) is 7.11 Å². The van der Waals surface area contributed by atoms with Gasteiger partial charge in [0.15, 0.2) is 18.3 Å². The number of carboxylic acid groups (broad SMARTS) is 1. The van der Waals surface area contributed by atoms with Crippen molar-refractivity contribution in [2.75, 3.05) is 20.7 Å². The number of aromatic carboxylic acids is 1. The van der Waals surface area contributed by atoms with Crippen molar-refractivity contribution < 1.29 is 28.8 Å². The molecule has 1 N–H and O–H groups in total. The Morgan fingerprint density at radius 1 is 1.50 bits per heavy atom. The van der Waals surface area contributed by atoms with Crippen LogP contribution in [-0.2, 0) is 4.74 Å². The summed E-state index contributed by atoms with van der Waals surface area (Å²) in [4.78, 5) is 11.1. The van der Waals surface area contributed by atoms with Crippen LogP contribution in [0, 0.1) is 0 Å². The number of hydrogen-bond donors (Lipinski definition) is 1. The monoisotopic (exact) mass is 226 g/mol. The second-order valence-corrected chi connectivity index (χ2v) is 3.03. The molecule has 16 heavy (non-hydrogen) atoms. The average Bonchev–Trinajstić information content (AvgIpc) is 2.72. The van der Waals surface area contributed by atoms with Crippen molar-refractivity contribution in [3.63, 3.8) is 0 Å². The molecule has 6 nitrogen and oxygen atoms in total. The molecule has 0 atom stereocenters. The average molecular weight is 226 g/mol. The molecule has 1 aromatic carbocycles. The smallest absolute Gasteiger partial charge is 0.343 e. The molecule has 0 bridgehead atoms. The van der Waals surface area contributed by atoms with E-state index in [9.17, 15) is 4.79 Å². The first-order valence-electron chi connectivity index (χ1n) is 4.51. The molecule has 2 rings (SSSR count). The highest BCUT2D eigenvalue weighted by molar-refractivity contribution is 5.95. The van der Waals surface area contributed by atoms with E-state index in [1.807, 2.05) is 0 Å². The van der Waals surface area contributed by atoms with Crippen molar-refractivity contribution in [3.05, 3.63) is 17.7 Å². The SMILES string of the molecule is COCOc1ccc2c(c1C(=O)O)OCO2. The Morgan fingerprint density at radius 3 is 3.00 bits per heavy atom. The van der Waals surface area contributed by atoms with Crippen LogP contribution in [0.3, 0.4) is 0 Å².